The molecule has 32 heavy (non-hydrogen) atoms. The van der Waals surface area contributed by atoms with Crippen LogP contribution in [0.2, 0.25) is 10.0 Å². The summed E-state index contributed by atoms with van der Waals surface area (Å²) in [6.45, 7) is 2.93. The molecule has 1 N–H and O–H groups in total. The van der Waals surface area contributed by atoms with E-state index in [1.54, 1.807) is 0 Å². The summed E-state index contributed by atoms with van der Waals surface area (Å²) in [5, 5.41) is 4.25. The van der Waals surface area contributed by atoms with Crippen molar-refractivity contribution in [3.63, 3.8) is 0 Å². The van der Waals surface area contributed by atoms with Gasteiger partial charge in [0.1, 0.15) is 0 Å². The Morgan fingerprint density at radius 2 is 1.69 bits per heavy atom. The van der Waals surface area contributed by atoms with Gasteiger partial charge < -0.3 is 15.1 Å². The Balaban J connectivity index is 1.27. The molecule has 1 heterocycles. The van der Waals surface area contributed by atoms with Gasteiger partial charge in [0.25, 0.3) is 0 Å². The highest BCUT2D eigenvalue weighted by molar-refractivity contribution is 6.42. The summed E-state index contributed by atoms with van der Waals surface area (Å²) in [6.07, 6.45) is 3.92. The molecule has 0 aromatic heterocycles. The predicted molar refractivity (Wildman–Crippen MR) is 129 cm³/mol. The molecule has 2 atom stereocenters. The molecule has 2 aromatic rings. The van der Waals surface area contributed by atoms with Gasteiger partial charge in [-0.3, -0.25) is 9.59 Å². The van der Waals surface area contributed by atoms with Crippen molar-refractivity contribution in [3.05, 3.63) is 64.1 Å². The molecule has 0 unspecified atom stereocenters. The molecule has 7 heteroatoms. The Labute approximate surface area is 199 Å². The molecule has 2 fully saturated rings. The Hall–Kier alpha value is -2.24. The van der Waals surface area contributed by atoms with Crippen molar-refractivity contribution in [2.75, 3.05) is 31.1 Å². The van der Waals surface area contributed by atoms with Crippen molar-refractivity contribution in [1.82, 2.24) is 10.2 Å². The Kier molecular flexibility index (Phi) is 7.59. The average Bonchev–Trinajstić information content (AvgIpc) is 2.81. The molecule has 4 rings (SSSR count). The van der Waals surface area contributed by atoms with Crippen LogP contribution in [-0.4, -0.2) is 48.9 Å². The van der Waals surface area contributed by atoms with Crippen molar-refractivity contribution in [3.8, 4) is 0 Å². The van der Waals surface area contributed by atoms with Gasteiger partial charge in [0, 0.05) is 43.8 Å². The first kappa shape index (κ1) is 22.9. The molecule has 0 radical (unpaired) electrons. The number of halogens is 2. The minimum absolute atomic E-state index is 0.0118. The summed E-state index contributed by atoms with van der Waals surface area (Å²) in [5.74, 6) is 0.243. The van der Waals surface area contributed by atoms with Gasteiger partial charge in [-0.05, 0) is 43.0 Å². The lowest BCUT2D eigenvalue weighted by Gasteiger charge is -2.39. The van der Waals surface area contributed by atoms with Crippen LogP contribution in [0.15, 0.2) is 48.5 Å². The number of anilines is 1. The monoisotopic (exact) mass is 473 g/mol. The van der Waals surface area contributed by atoms with E-state index in [-0.39, 0.29) is 23.8 Å². The Morgan fingerprint density at radius 3 is 2.41 bits per heavy atom. The number of carbonyl (C=O) groups is 2. The van der Waals surface area contributed by atoms with Crippen molar-refractivity contribution in [1.29, 1.82) is 0 Å². The number of carbonyl (C=O) groups excluding carboxylic acids is 2. The maximum atomic E-state index is 13.2. The Morgan fingerprint density at radius 1 is 0.938 bits per heavy atom. The van der Waals surface area contributed by atoms with Crippen LogP contribution < -0.4 is 10.2 Å². The van der Waals surface area contributed by atoms with Crippen LogP contribution in [0.5, 0.6) is 0 Å². The molecule has 2 aliphatic rings. The highest BCUT2D eigenvalue weighted by atomic mass is 35.5. The second-order valence-electron chi connectivity index (χ2n) is 8.70. The summed E-state index contributed by atoms with van der Waals surface area (Å²) >= 11 is 12.2. The second-order valence-corrected chi connectivity index (χ2v) is 9.52. The van der Waals surface area contributed by atoms with E-state index in [1.165, 1.54) is 0 Å². The van der Waals surface area contributed by atoms with E-state index in [0.717, 1.165) is 50.0 Å². The van der Waals surface area contributed by atoms with Gasteiger partial charge in [-0.2, -0.15) is 0 Å². The normalized spacial score (nSPS) is 21.3. The summed E-state index contributed by atoms with van der Waals surface area (Å²) < 4.78 is 0. The number of benzene rings is 2. The highest BCUT2D eigenvalue weighted by Gasteiger charge is 2.32. The zero-order valence-corrected chi connectivity index (χ0v) is 19.6. The molecular weight excluding hydrogens is 445 g/mol. The van der Waals surface area contributed by atoms with E-state index >= 15 is 0 Å². The van der Waals surface area contributed by atoms with Gasteiger partial charge >= 0.3 is 0 Å². The summed E-state index contributed by atoms with van der Waals surface area (Å²) in [5.41, 5.74) is 2.04. The van der Waals surface area contributed by atoms with E-state index < -0.39 is 0 Å². The maximum absolute atomic E-state index is 13.2. The summed E-state index contributed by atoms with van der Waals surface area (Å²) in [7, 11) is 0. The van der Waals surface area contributed by atoms with Crippen LogP contribution >= 0.6 is 23.2 Å². The lowest BCUT2D eigenvalue weighted by molar-refractivity contribution is -0.137. The first-order valence-corrected chi connectivity index (χ1v) is 12.1. The van der Waals surface area contributed by atoms with Gasteiger partial charge in [-0.25, -0.2) is 0 Å². The molecule has 1 aliphatic heterocycles. The van der Waals surface area contributed by atoms with Crippen LogP contribution in [0.4, 0.5) is 5.69 Å². The molecule has 2 amide bonds. The largest absolute Gasteiger partial charge is 0.368 e. The van der Waals surface area contributed by atoms with Gasteiger partial charge in [-0.15, -0.1) is 0 Å². The number of hydrogen-bond donors (Lipinski definition) is 1. The minimum atomic E-state index is -0.0118. The van der Waals surface area contributed by atoms with Crippen LogP contribution in [0.1, 0.15) is 31.2 Å². The lowest BCUT2D eigenvalue weighted by Crippen LogP contribution is -2.51. The van der Waals surface area contributed by atoms with Crippen molar-refractivity contribution >= 4 is 40.7 Å². The van der Waals surface area contributed by atoms with Gasteiger partial charge in [0.15, 0.2) is 0 Å². The fourth-order valence-electron chi connectivity index (χ4n) is 4.73. The number of nitrogens with one attached hydrogen (secondary N) is 1. The first-order valence-electron chi connectivity index (χ1n) is 11.3. The van der Waals surface area contributed by atoms with E-state index in [4.69, 9.17) is 23.2 Å². The molecule has 0 bridgehead atoms. The van der Waals surface area contributed by atoms with Crippen LogP contribution in [0, 0.1) is 5.92 Å². The van der Waals surface area contributed by atoms with E-state index in [9.17, 15) is 9.59 Å². The highest BCUT2D eigenvalue weighted by Crippen LogP contribution is 2.29. The molecule has 5 nitrogen and oxygen atoms in total. The fraction of sp³-hybridized carbons (Fsp3) is 0.440. The fourth-order valence-corrected chi connectivity index (χ4v) is 5.02. The standard InChI is InChI=1S/C25H29Cl2N3O2/c26-22-10-9-21(17-23(22)27)29-11-13-30(14-12-29)25(32)19-7-4-8-20(16-19)28-24(31)15-18-5-2-1-3-6-18/h1-3,5-6,9-10,17,19-20H,4,7-8,11-16H2,(H,28,31)/t19-,20+/m0/s1. The van der Waals surface area contributed by atoms with Gasteiger partial charge in [-0.1, -0.05) is 60.0 Å². The van der Waals surface area contributed by atoms with Crippen molar-refractivity contribution in [2.24, 2.45) is 5.92 Å². The summed E-state index contributed by atoms with van der Waals surface area (Å²) in [4.78, 5) is 29.8. The number of hydrogen-bond acceptors (Lipinski definition) is 3. The van der Waals surface area contributed by atoms with Crippen LogP contribution in [-0.2, 0) is 16.0 Å². The molecule has 1 saturated heterocycles. The maximum Gasteiger partial charge on any atom is 0.225 e. The zero-order chi connectivity index (χ0) is 22.5. The van der Waals surface area contributed by atoms with E-state index in [2.05, 4.69) is 10.2 Å². The topological polar surface area (TPSA) is 52.7 Å². The first-order chi connectivity index (χ1) is 15.5. The third-order valence-corrected chi connectivity index (χ3v) is 7.19. The minimum Gasteiger partial charge on any atom is -0.368 e. The molecule has 1 aliphatic carbocycles. The van der Waals surface area contributed by atoms with E-state index in [1.807, 2.05) is 53.4 Å². The smallest absolute Gasteiger partial charge is 0.225 e. The SMILES string of the molecule is O=C(Cc1ccccc1)N[C@@H]1CCC[C@H](C(=O)N2CCN(c3ccc(Cl)c(Cl)c3)CC2)C1. The Bertz CT molecular complexity index is 945. The molecular formula is C25H29Cl2N3O2. The lowest BCUT2D eigenvalue weighted by atomic mass is 9.84. The quantitative estimate of drug-likeness (QED) is 0.692. The average molecular weight is 474 g/mol. The number of amides is 2. The van der Waals surface area contributed by atoms with Crippen LogP contribution in [0.3, 0.4) is 0 Å². The predicted octanol–water partition coefficient (Wildman–Crippen LogP) is 4.56. The second kappa shape index (κ2) is 10.6. The number of nitrogens with zero attached hydrogens (tertiary/aromatic N) is 2. The number of piperazine rings is 1. The number of rotatable bonds is 5. The third-order valence-electron chi connectivity index (χ3n) is 6.46. The molecule has 0 spiro atoms. The molecule has 2 aromatic carbocycles. The van der Waals surface area contributed by atoms with E-state index in [0.29, 0.717) is 29.6 Å². The van der Waals surface area contributed by atoms with Gasteiger partial charge in [0.2, 0.25) is 11.8 Å². The molecule has 1 saturated carbocycles. The van der Waals surface area contributed by atoms with Crippen molar-refractivity contribution in [2.45, 2.75) is 38.1 Å². The summed E-state index contributed by atoms with van der Waals surface area (Å²) in [6, 6.07) is 15.5. The van der Waals surface area contributed by atoms with Crippen LogP contribution in [0.25, 0.3) is 0 Å². The van der Waals surface area contributed by atoms with Crippen molar-refractivity contribution < 1.29 is 9.59 Å². The zero-order valence-electron chi connectivity index (χ0n) is 18.1. The third kappa shape index (κ3) is 5.76. The molecule has 170 valence electrons. The van der Waals surface area contributed by atoms with Gasteiger partial charge in [0.05, 0.1) is 16.5 Å².